The van der Waals surface area contributed by atoms with E-state index in [2.05, 4.69) is 17.1 Å². The molecule has 2 aromatic rings. The van der Waals surface area contributed by atoms with Crippen LogP contribution >= 0.6 is 0 Å². The van der Waals surface area contributed by atoms with Crippen LogP contribution in [0, 0.1) is 6.92 Å². The summed E-state index contributed by atoms with van der Waals surface area (Å²) in [7, 11) is 0. The molecule has 3 rings (SSSR count). The van der Waals surface area contributed by atoms with E-state index in [-0.39, 0.29) is 5.75 Å². The molecule has 1 unspecified atom stereocenters. The second-order valence-corrected chi connectivity index (χ2v) is 4.95. The smallest absolute Gasteiger partial charge is 0.219 e. The van der Waals surface area contributed by atoms with Gasteiger partial charge in [0.15, 0.2) is 18.2 Å². The van der Waals surface area contributed by atoms with Crippen molar-refractivity contribution in [1.29, 1.82) is 0 Å². The van der Waals surface area contributed by atoms with Crippen molar-refractivity contribution in [3.8, 4) is 5.75 Å². The average Bonchev–Trinajstić information content (AvgIpc) is 2.88. The molecule has 20 heavy (non-hydrogen) atoms. The van der Waals surface area contributed by atoms with Crippen molar-refractivity contribution < 1.29 is 19.6 Å². The van der Waals surface area contributed by atoms with Crippen molar-refractivity contribution in [2.24, 2.45) is 0 Å². The highest BCUT2D eigenvalue weighted by molar-refractivity contribution is 5.40. The van der Waals surface area contributed by atoms with E-state index in [1.165, 1.54) is 5.56 Å². The summed E-state index contributed by atoms with van der Waals surface area (Å²) in [6, 6.07) is 10.2. The summed E-state index contributed by atoms with van der Waals surface area (Å²) in [4.78, 5) is 3.02. The van der Waals surface area contributed by atoms with Gasteiger partial charge in [-0.15, -0.1) is 0 Å². The normalized spacial score (nSPS) is 17.1. The first-order valence-electron chi connectivity index (χ1n) is 6.76. The molecule has 0 saturated carbocycles. The van der Waals surface area contributed by atoms with Gasteiger partial charge in [0.05, 0.1) is 24.3 Å². The van der Waals surface area contributed by atoms with Crippen LogP contribution in [0.15, 0.2) is 36.5 Å². The molecule has 4 heteroatoms. The Morgan fingerprint density at radius 2 is 2.15 bits per heavy atom. The van der Waals surface area contributed by atoms with E-state index in [9.17, 15) is 5.11 Å². The molecule has 1 aliphatic rings. The number of aromatic hydroxyl groups is 1. The Kier molecular flexibility index (Phi) is 3.67. The molecule has 0 bridgehead atoms. The maximum atomic E-state index is 10.1. The third-order valence-corrected chi connectivity index (χ3v) is 3.55. The number of ether oxygens (including phenoxy) is 2. The molecule has 1 atom stereocenters. The molecule has 2 N–H and O–H groups in total. The molecule has 2 heterocycles. The van der Waals surface area contributed by atoms with Crippen molar-refractivity contribution in [2.75, 3.05) is 6.61 Å². The highest BCUT2D eigenvalue weighted by atomic mass is 16.7. The topological polar surface area (TPSA) is 52.8 Å². The molecule has 0 amide bonds. The Morgan fingerprint density at radius 1 is 1.35 bits per heavy atom. The first-order chi connectivity index (χ1) is 9.75. The molecule has 0 saturated heterocycles. The van der Waals surface area contributed by atoms with Crippen LogP contribution in [0.3, 0.4) is 0 Å². The summed E-state index contributed by atoms with van der Waals surface area (Å²) < 4.78 is 11.4. The monoisotopic (exact) mass is 272 g/mol. The Balaban J connectivity index is 1.65. The number of aromatic nitrogens is 1. The van der Waals surface area contributed by atoms with Crippen molar-refractivity contribution >= 4 is 0 Å². The Bertz CT molecular complexity index is 598. The van der Waals surface area contributed by atoms with Gasteiger partial charge in [-0.1, -0.05) is 30.3 Å². The molecule has 0 aliphatic carbocycles. The highest BCUT2D eigenvalue weighted by Gasteiger charge is 2.31. The molecular weight excluding hydrogens is 254 g/mol. The summed E-state index contributed by atoms with van der Waals surface area (Å²) in [5.41, 5.74) is 3.67. The summed E-state index contributed by atoms with van der Waals surface area (Å²) >= 11 is 0. The first-order valence-corrected chi connectivity index (χ1v) is 6.76. The van der Waals surface area contributed by atoms with E-state index in [4.69, 9.17) is 9.47 Å². The van der Waals surface area contributed by atoms with Crippen LogP contribution < -0.4 is 4.98 Å². The number of fused-ring (bicyclic) bond motifs is 1. The van der Waals surface area contributed by atoms with E-state index in [1.54, 1.807) is 0 Å². The number of H-pyrrole nitrogens is 1. The van der Waals surface area contributed by atoms with Crippen LogP contribution in [0.1, 0.15) is 28.7 Å². The first kappa shape index (κ1) is 13.1. The molecule has 4 nitrogen and oxygen atoms in total. The van der Waals surface area contributed by atoms with Gasteiger partial charge in [-0.3, -0.25) is 0 Å². The fourth-order valence-corrected chi connectivity index (χ4v) is 2.39. The van der Waals surface area contributed by atoms with Gasteiger partial charge in [0.2, 0.25) is 5.69 Å². The number of pyridine rings is 1. The lowest BCUT2D eigenvalue weighted by atomic mass is 10.1. The lowest BCUT2D eigenvalue weighted by Crippen LogP contribution is -2.11. The fraction of sp³-hybridized carbons (Fsp3) is 0.312. The minimum absolute atomic E-state index is 0.240. The van der Waals surface area contributed by atoms with Gasteiger partial charge in [0.25, 0.3) is 0 Å². The number of hydrogen-bond donors (Lipinski definition) is 1. The second kappa shape index (κ2) is 5.61. The van der Waals surface area contributed by atoms with Crippen LogP contribution in [0.5, 0.6) is 5.75 Å². The van der Waals surface area contributed by atoms with E-state index in [0.29, 0.717) is 13.2 Å². The average molecular weight is 272 g/mol. The zero-order chi connectivity index (χ0) is 13.9. The lowest BCUT2D eigenvalue weighted by molar-refractivity contribution is -0.389. The van der Waals surface area contributed by atoms with Gasteiger partial charge in [-0.25, -0.2) is 4.98 Å². The minimum Gasteiger partial charge on any atom is -0.502 e. The van der Waals surface area contributed by atoms with Crippen molar-refractivity contribution in [3.05, 3.63) is 58.9 Å². The highest BCUT2D eigenvalue weighted by Crippen LogP contribution is 2.37. The van der Waals surface area contributed by atoms with E-state index in [1.807, 2.05) is 31.3 Å². The van der Waals surface area contributed by atoms with Crippen LogP contribution in [0.4, 0.5) is 0 Å². The number of aryl methyl sites for hydroxylation is 1. The molecule has 0 radical (unpaired) electrons. The standard InChI is InChI=1S/C16H17NO3/c1-11-15(18)14-13(9-17-11)10-20-16(14)19-8-7-12-5-3-2-4-6-12/h2-6,9,16,18H,7-8,10H2,1H3/p+1. The van der Waals surface area contributed by atoms with Crippen LogP contribution in [-0.2, 0) is 22.5 Å². The SMILES string of the molecule is Cc1[nH+]cc2c(c1O)C(OCCc1ccccc1)OC2. The predicted molar refractivity (Wildman–Crippen MR) is 73.0 cm³/mol. The molecular formula is C16H18NO3+. The van der Waals surface area contributed by atoms with Gasteiger partial charge in [-0.2, -0.15) is 0 Å². The zero-order valence-electron chi connectivity index (χ0n) is 11.4. The van der Waals surface area contributed by atoms with Crippen molar-refractivity contribution in [1.82, 2.24) is 0 Å². The predicted octanol–water partition coefficient (Wildman–Crippen LogP) is 2.30. The second-order valence-electron chi connectivity index (χ2n) is 4.95. The maximum absolute atomic E-state index is 10.1. The number of benzene rings is 1. The molecule has 1 aromatic heterocycles. The fourth-order valence-electron chi connectivity index (χ4n) is 2.39. The quantitative estimate of drug-likeness (QED) is 0.929. The summed E-state index contributed by atoms with van der Waals surface area (Å²) in [5.74, 6) is 0.240. The minimum atomic E-state index is -0.470. The van der Waals surface area contributed by atoms with E-state index in [0.717, 1.165) is 23.2 Å². The zero-order valence-corrected chi connectivity index (χ0v) is 11.4. The van der Waals surface area contributed by atoms with Crippen LogP contribution in [0.25, 0.3) is 0 Å². The van der Waals surface area contributed by atoms with Gasteiger partial charge >= 0.3 is 0 Å². The molecule has 1 aromatic carbocycles. The number of hydrogen-bond acceptors (Lipinski definition) is 3. The van der Waals surface area contributed by atoms with Crippen LogP contribution in [0.2, 0.25) is 0 Å². The molecule has 0 fully saturated rings. The molecule has 0 spiro atoms. The van der Waals surface area contributed by atoms with E-state index >= 15 is 0 Å². The van der Waals surface area contributed by atoms with Gasteiger partial charge in [0, 0.05) is 6.92 Å². The summed E-state index contributed by atoms with van der Waals surface area (Å²) in [6.07, 6.45) is 2.22. The van der Waals surface area contributed by atoms with E-state index < -0.39 is 6.29 Å². The third-order valence-electron chi connectivity index (χ3n) is 3.55. The van der Waals surface area contributed by atoms with Gasteiger partial charge in [0.1, 0.15) is 0 Å². The number of aromatic amines is 1. The molecule has 104 valence electrons. The summed E-state index contributed by atoms with van der Waals surface area (Å²) in [5, 5.41) is 10.1. The van der Waals surface area contributed by atoms with Gasteiger partial charge < -0.3 is 14.6 Å². The van der Waals surface area contributed by atoms with Crippen LogP contribution in [-0.4, -0.2) is 11.7 Å². The maximum Gasteiger partial charge on any atom is 0.219 e. The van der Waals surface area contributed by atoms with Crippen molar-refractivity contribution in [3.63, 3.8) is 0 Å². The number of nitrogens with one attached hydrogen (secondary N) is 1. The van der Waals surface area contributed by atoms with Crippen molar-refractivity contribution in [2.45, 2.75) is 26.2 Å². The lowest BCUT2D eigenvalue weighted by Gasteiger charge is -2.13. The Hall–Kier alpha value is -1.91. The Labute approximate surface area is 118 Å². The van der Waals surface area contributed by atoms with Gasteiger partial charge in [-0.05, 0) is 12.0 Å². The largest absolute Gasteiger partial charge is 0.502 e. The molecule has 1 aliphatic heterocycles. The number of rotatable bonds is 4. The Morgan fingerprint density at radius 3 is 2.95 bits per heavy atom. The summed E-state index contributed by atoms with van der Waals surface area (Å²) in [6.45, 7) is 2.86. The third kappa shape index (κ3) is 2.53.